The number of carbonyl (C=O) groups excluding carboxylic acids is 1. The molecule has 0 bridgehead atoms. The molecule has 1 aliphatic heterocycles. The first kappa shape index (κ1) is 14.0. The molecule has 0 saturated heterocycles. The minimum atomic E-state index is -1.27. The Balaban J connectivity index is 1.79. The zero-order chi connectivity index (χ0) is 15.5. The zero-order valence-corrected chi connectivity index (χ0v) is 13.3. The van der Waals surface area contributed by atoms with Crippen molar-refractivity contribution in [2.75, 3.05) is 0 Å². The van der Waals surface area contributed by atoms with Gasteiger partial charge in [-0.3, -0.25) is 4.79 Å². The maximum atomic E-state index is 12.4. The lowest BCUT2D eigenvalue weighted by Gasteiger charge is -2.41. The maximum Gasteiger partial charge on any atom is 0.190 e. The molecule has 4 rings (SSSR count). The predicted molar refractivity (Wildman–Crippen MR) is 83.3 cm³/mol. The van der Waals surface area contributed by atoms with Gasteiger partial charge in [-0.1, -0.05) is 55.9 Å². The highest BCUT2D eigenvalue weighted by Crippen LogP contribution is 2.52. The van der Waals surface area contributed by atoms with Crippen molar-refractivity contribution in [3.63, 3.8) is 0 Å². The van der Waals surface area contributed by atoms with Gasteiger partial charge in [0.05, 0.1) is 0 Å². The van der Waals surface area contributed by atoms with E-state index in [1.807, 2.05) is 44.2 Å². The Morgan fingerprint density at radius 2 is 2.05 bits per heavy atom. The highest BCUT2D eigenvalue weighted by molar-refractivity contribution is 8.00. The van der Waals surface area contributed by atoms with Crippen LogP contribution in [0.25, 0.3) is 11.4 Å². The molecular formula is C16H17N3O2S. The third-order valence-electron chi connectivity index (χ3n) is 4.30. The average Bonchev–Trinajstić information content (AvgIpc) is 2.97. The minimum Gasteiger partial charge on any atom is -0.368 e. The first-order valence-electron chi connectivity index (χ1n) is 7.34. The molecule has 114 valence electrons. The monoisotopic (exact) mass is 315 g/mol. The van der Waals surface area contributed by atoms with Crippen LogP contribution in [0.15, 0.2) is 35.5 Å². The molecule has 0 amide bonds. The molecule has 0 unspecified atom stereocenters. The average molecular weight is 315 g/mol. The highest BCUT2D eigenvalue weighted by atomic mass is 32.2. The van der Waals surface area contributed by atoms with E-state index in [1.165, 1.54) is 11.8 Å². The number of hydrogen-bond donors (Lipinski definition) is 1. The fourth-order valence-corrected chi connectivity index (χ4v) is 4.70. The van der Waals surface area contributed by atoms with Gasteiger partial charge in [-0.2, -0.15) is 0 Å². The van der Waals surface area contributed by atoms with E-state index in [-0.39, 0.29) is 11.2 Å². The predicted octanol–water partition coefficient (Wildman–Crippen LogP) is 2.45. The van der Waals surface area contributed by atoms with Crippen molar-refractivity contribution in [3.8, 4) is 11.4 Å². The molecule has 1 aliphatic carbocycles. The van der Waals surface area contributed by atoms with Crippen LogP contribution in [0.4, 0.5) is 0 Å². The molecule has 1 fully saturated rings. The summed E-state index contributed by atoms with van der Waals surface area (Å²) < 4.78 is 1.56. The lowest BCUT2D eigenvalue weighted by Crippen LogP contribution is -2.52. The summed E-state index contributed by atoms with van der Waals surface area (Å²) in [5, 5.41) is 15.8. The van der Waals surface area contributed by atoms with Gasteiger partial charge < -0.3 is 5.11 Å². The van der Waals surface area contributed by atoms with Gasteiger partial charge in [0.2, 0.25) is 0 Å². The molecule has 0 radical (unpaired) electrons. The molecule has 22 heavy (non-hydrogen) atoms. The van der Waals surface area contributed by atoms with Gasteiger partial charge in [0.1, 0.15) is 5.25 Å². The van der Waals surface area contributed by atoms with Crippen molar-refractivity contribution in [2.24, 2.45) is 5.41 Å². The Kier molecular flexibility index (Phi) is 2.81. The van der Waals surface area contributed by atoms with Crippen LogP contribution in [0.5, 0.6) is 0 Å². The molecule has 1 saturated carbocycles. The van der Waals surface area contributed by atoms with Gasteiger partial charge in [0.25, 0.3) is 0 Å². The Labute approximate surface area is 132 Å². The van der Waals surface area contributed by atoms with Gasteiger partial charge in [0.15, 0.2) is 22.5 Å². The first-order chi connectivity index (χ1) is 10.4. The SMILES string of the molecule is CC1(C)CC(=O)[C@H]2Sc3nc(-c4ccccc4)nn3[C@]2(O)C1. The fraction of sp³-hybridized carbons (Fsp3) is 0.438. The second-order valence-electron chi connectivity index (χ2n) is 6.86. The number of hydrogen-bond acceptors (Lipinski definition) is 5. The van der Waals surface area contributed by atoms with Crippen molar-refractivity contribution in [2.45, 2.75) is 42.8 Å². The summed E-state index contributed by atoms with van der Waals surface area (Å²) in [6.07, 6.45) is 0.997. The van der Waals surface area contributed by atoms with Crippen LogP contribution in [0.1, 0.15) is 26.7 Å². The number of carbonyl (C=O) groups is 1. The van der Waals surface area contributed by atoms with Crippen LogP contribution in [0.2, 0.25) is 0 Å². The lowest BCUT2D eigenvalue weighted by atomic mass is 9.72. The molecule has 1 aromatic heterocycles. The number of aromatic nitrogens is 3. The number of Topliss-reactive ketones (excluding diaryl/α,β-unsaturated/α-hetero) is 1. The van der Waals surface area contributed by atoms with Crippen molar-refractivity contribution in [1.29, 1.82) is 0 Å². The quantitative estimate of drug-likeness (QED) is 0.875. The molecule has 5 nitrogen and oxygen atoms in total. The fourth-order valence-electron chi connectivity index (χ4n) is 3.47. The number of rotatable bonds is 1. The summed E-state index contributed by atoms with van der Waals surface area (Å²) in [5.74, 6) is 0.670. The highest BCUT2D eigenvalue weighted by Gasteiger charge is 2.58. The van der Waals surface area contributed by atoms with Gasteiger partial charge >= 0.3 is 0 Å². The van der Waals surface area contributed by atoms with Crippen molar-refractivity contribution < 1.29 is 9.90 Å². The number of ketones is 1. The molecule has 1 aromatic carbocycles. The number of thioether (sulfide) groups is 1. The standard InChI is InChI=1S/C16H17N3O2S/c1-15(2)8-11(20)12-16(21,9-15)19-14(22-12)17-13(18-19)10-6-4-3-5-7-10/h3-7,12,21H,8-9H2,1-2H3/t12-,16+/m1/s1. The topological polar surface area (TPSA) is 68.0 Å². The summed E-state index contributed by atoms with van der Waals surface area (Å²) in [5.41, 5.74) is -0.589. The van der Waals surface area contributed by atoms with Crippen LogP contribution in [-0.4, -0.2) is 30.9 Å². The van der Waals surface area contributed by atoms with E-state index in [4.69, 9.17) is 0 Å². The van der Waals surface area contributed by atoms with Gasteiger partial charge in [0, 0.05) is 18.4 Å². The molecular weight excluding hydrogens is 298 g/mol. The molecule has 1 N–H and O–H groups in total. The minimum absolute atomic E-state index is 0.0808. The normalized spacial score (nSPS) is 29.2. The summed E-state index contributed by atoms with van der Waals surface area (Å²) in [4.78, 5) is 16.9. The Hall–Kier alpha value is -1.66. The third kappa shape index (κ3) is 1.94. The summed E-state index contributed by atoms with van der Waals surface area (Å²) in [6, 6.07) is 9.67. The maximum absolute atomic E-state index is 12.4. The Morgan fingerprint density at radius 1 is 1.32 bits per heavy atom. The van der Waals surface area contributed by atoms with E-state index < -0.39 is 11.0 Å². The van der Waals surface area contributed by atoms with E-state index in [0.29, 0.717) is 23.8 Å². The van der Waals surface area contributed by atoms with Crippen LogP contribution in [-0.2, 0) is 10.5 Å². The largest absolute Gasteiger partial charge is 0.368 e. The first-order valence-corrected chi connectivity index (χ1v) is 8.22. The van der Waals surface area contributed by atoms with Crippen LogP contribution < -0.4 is 0 Å². The molecule has 2 aromatic rings. The molecule has 0 spiro atoms. The van der Waals surface area contributed by atoms with Crippen LogP contribution in [0.3, 0.4) is 0 Å². The van der Waals surface area contributed by atoms with E-state index >= 15 is 0 Å². The molecule has 2 heterocycles. The Morgan fingerprint density at radius 3 is 2.77 bits per heavy atom. The van der Waals surface area contributed by atoms with Crippen molar-refractivity contribution in [1.82, 2.24) is 14.8 Å². The van der Waals surface area contributed by atoms with E-state index in [2.05, 4.69) is 10.1 Å². The van der Waals surface area contributed by atoms with Crippen LogP contribution in [0, 0.1) is 5.41 Å². The van der Waals surface area contributed by atoms with E-state index in [0.717, 1.165) is 5.56 Å². The number of aliphatic hydroxyl groups is 1. The lowest BCUT2D eigenvalue weighted by molar-refractivity contribution is -0.146. The van der Waals surface area contributed by atoms with E-state index in [9.17, 15) is 9.90 Å². The van der Waals surface area contributed by atoms with Gasteiger partial charge in [-0.25, -0.2) is 9.67 Å². The molecule has 2 atom stereocenters. The summed E-state index contributed by atoms with van der Waals surface area (Å²) in [7, 11) is 0. The van der Waals surface area contributed by atoms with Gasteiger partial charge in [-0.05, 0) is 5.41 Å². The third-order valence-corrected chi connectivity index (χ3v) is 5.65. The number of benzene rings is 1. The summed E-state index contributed by atoms with van der Waals surface area (Å²) >= 11 is 1.33. The van der Waals surface area contributed by atoms with Crippen LogP contribution >= 0.6 is 11.8 Å². The zero-order valence-electron chi connectivity index (χ0n) is 12.5. The van der Waals surface area contributed by atoms with Crippen molar-refractivity contribution >= 4 is 17.5 Å². The van der Waals surface area contributed by atoms with E-state index in [1.54, 1.807) is 4.68 Å². The smallest absolute Gasteiger partial charge is 0.190 e. The van der Waals surface area contributed by atoms with Crippen molar-refractivity contribution in [3.05, 3.63) is 30.3 Å². The molecule has 2 aliphatic rings. The van der Waals surface area contributed by atoms with Gasteiger partial charge in [-0.15, -0.1) is 5.10 Å². The Bertz CT molecular complexity index is 756. The number of nitrogens with zero attached hydrogens (tertiary/aromatic N) is 3. The summed E-state index contributed by atoms with van der Waals surface area (Å²) in [6.45, 7) is 4.02. The number of fused-ring (bicyclic) bond motifs is 3. The molecule has 6 heteroatoms. The second kappa shape index (κ2) is 4.43. The second-order valence-corrected chi connectivity index (χ2v) is 7.93.